The highest BCUT2D eigenvalue weighted by Crippen LogP contribution is 2.23. The molecule has 0 aromatic heterocycles. The lowest BCUT2D eigenvalue weighted by atomic mass is 10.1. The molecule has 0 bridgehead atoms. The van der Waals surface area contributed by atoms with Gasteiger partial charge in [-0.25, -0.2) is 0 Å². The molecular formula is C26H30ClN3O4. The molecule has 0 fully saturated rings. The van der Waals surface area contributed by atoms with Crippen molar-refractivity contribution in [2.24, 2.45) is 0 Å². The number of fused-ring (bicyclic) bond motifs is 1. The zero-order valence-electron chi connectivity index (χ0n) is 19.7. The smallest absolute Gasteiger partial charge is 0.261 e. The zero-order valence-corrected chi connectivity index (χ0v) is 20.5. The first-order valence-electron chi connectivity index (χ1n) is 11.5. The van der Waals surface area contributed by atoms with Gasteiger partial charge >= 0.3 is 0 Å². The molecule has 1 heterocycles. The molecule has 0 aliphatic carbocycles. The summed E-state index contributed by atoms with van der Waals surface area (Å²) >= 11 is 5.99. The number of rotatable bonds is 10. The fourth-order valence-corrected chi connectivity index (χ4v) is 4.19. The summed E-state index contributed by atoms with van der Waals surface area (Å²) in [4.78, 5) is 54.1. The lowest BCUT2D eigenvalue weighted by Crippen LogP contribution is -2.50. The van der Waals surface area contributed by atoms with E-state index in [1.54, 1.807) is 41.3 Å². The van der Waals surface area contributed by atoms with E-state index in [0.717, 1.165) is 5.56 Å². The van der Waals surface area contributed by atoms with Crippen molar-refractivity contribution in [2.75, 3.05) is 6.54 Å². The Hall–Kier alpha value is -3.19. The maximum Gasteiger partial charge on any atom is 0.261 e. The second-order valence-corrected chi connectivity index (χ2v) is 9.08. The maximum atomic E-state index is 13.3. The molecule has 0 saturated carbocycles. The number of carbonyl (C=O) groups is 4. The highest BCUT2D eigenvalue weighted by Gasteiger charge is 2.35. The molecule has 0 radical (unpaired) electrons. The summed E-state index contributed by atoms with van der Waals surface area (Å²) < 4.78 is 0. The summed E-state index contributed by atoms with van der Waals surface area (Å²) in [5, 5.41) is 3.49. The second-order valence-electron chi connectivity index (χ2n) is 8.65. The number of nitrogens with one attached hydrogen (secondary N) is 1. The SMILES string of the molecule is CC[C@H](C(=O)NC(C)C)N(Cc1ccc(Cl)cc1)C(=O)CCCN1C(=O)c2ccccc2C1=O. The molecule has 0 spiro atoms. The molecule has 0 unspecified atom stereocenters. The first-order chi connectivity index (χ1) is 16.2. The third kappa shape index (κ3) is 5.83. The number of halogens is 1. The Morgan fingerprint density at radius 2 is 1.59 bits per heavy atom. The normalized spacial score (nSPS) is 13.7. The lowest BCUT2D eigenvalue weighted by molar-refractivity contribution is -0.141. The van der Waals surface area contributed by atoms with Gasteiger partial charge in [0.1, 0.15) is 6.04 Å². The number of amides is 4. The van der Waals surface area contributed by atoms with E-state index in [4.69, 9.17) is 11.6 Å². The topological polar surface area (TPSA) is 86.8 Å². The second kappa shape index (κ2) is 11.3. The summed E-state index contributed by atoms with van der Waals surface area (Å²) in [7, 11) is 0. The van der Waals surface area contributed by atoms with Crippen molar-refractivity contribution < 1.29 is 19.2 Å². The monoisotopic (exact) mass is 483 g/mol. The molecule has 1 aliphatic rings. The Bertz CT molecular complexity index is 1030. The third-order valence-corrected chi connectivity index (χ3v) is 5.99. The summed E-state index contributed by atoms with van der Waals surface area (Å²) in [5.41, 5.74) is 1.63. The Morgan fingerprint density at radius 1 is 1.00 bits per heavy atom. The van der Waals surface area contributed by atoms with Crippen LogP contribution in [0.4, 0.5) is 0 Å². The van der Waals surface area contributed by atoms with Gasteiger partial charge in [-0.05, 0) is 56.5 Å². The van der Waals surface area contributed by atoms with Crippen molar-refractivity contribution in [3.63, 3.8) is 0 Å². The van der Waals surface area contributed by atoms with Crippen molar-refractivity contribution in [2.45, 2.75) is 58.7 Å². The quantitative estimate of drug-likeness (QED) is 0.516. The lowest BCUT2D eigenvalue weighted by Gasteiger charge is -2.31. The Labute approximate surface area is 205 Å². The summed E-state index contributed by atoms with van der Waals surface area (Å²) in [6, 6.07) is 13.2. The summed E-state index contributed by atoms with van der Waals surface area (Å²) in [5.74, 6) is -1.10. The number of hydrogen-bond donors (Lipinski definition) is 1. The highest BCUT2D eigenvalue weighted by atomic mass is 35.5. The fraction of sp³-hybridized carbons (Fsp3) is 0.385. The van der Waals surface area contributed by atoms with Crippen molar-refractivity contribution in [3.05, 3.63) is 70.2 Å². The fourth-order valence-electron chi connectivity index (χ4n) is 4.06. The van der Waals surface area contributed by atoms with Gasteiger partial charge in [0.05, 0.1) is 11.1 Å². The van der Waals surface area contributed by atoms with Crippen molar-refractivity contribution in [1.82, 2.24) is 15.1 Å². The molecule has 34 heavy (non-hydrogen) atoms. The predicted molar refractivity (Wildman–Crippen MR) is 130 cm³/mol. The molecule has 2 aromatic carbocycles. The van der Waals surface area contributed by atoms with Crippen molar-refractivity contribution in [1.29, 1.82) is 0 Å². The average Bonchev–Trinajstić information content (AvgIpc) is 3.04. The minimum absolute atomic E-state index is 0.0529. The predicted octanol–water partition coefficient (Wildman–Crippen LogP) is 4.05. The van der Waals surface area contributed by atoms with E-state index >= 15 is 0 Å². The zero-order chi connectivity index (χ0) is 24.8. The number of benzene rings is 2. The van der Waals surface area contributed by atoms with Gasteiger partial charge in [0.15, 0.2) is 0 Å². The van der Waals surface area contributed by atoms with Gasteiger partial charge in [0.2, 0.25) is 11.8 Å². The van der Waals surface area contributed by atoms with Crippen LogP contribution < -0.4 is 5.32 Å². The van der Waals surface area contributed by atoms with Gasteiger partial charge in [-0.2, -0.15) is 0 Å². The van der Waals surface area contributed by atoms with E-state index < -0.39 is 6.04 Å². The van der Waals surface area contributed by atoms with Crippen LogP contribution in [0.5, 0.6) is 0 Å². The molecule has 180 valence electrons. The van der Waals surface area contributed by atoms with E-state index in [1.807, 2.05) is 32.9 Å². The van der Waals surface area contributed by atoms with Gasteiger partial charge < -0.3 is 10.2 Å². The van der Waals surface area contributed by atoms with E-state index in [2.05, 4.69) is 5.32 Å². The standard InChI is InChI=1S/C26H30ClN3O4/c1-4-22(24(32)28-17(2)3)30(16-18-11-13-19(27)14-12-18)23(31)10-7-15-29-25(33)20-8-5-6-9-21(20)26(29)34/h5-6,8-9,11-14,17,22H,4,7,10,15-16H2,1-3H3,(H,28,32)/t22-/m1/s1. The van der Waals surface area contributed by atoms with E-state index in [-0.39, 0.29) is 49.2 Å². The van der Waals surface area contributed by atoms with Gasteiger partial charge in [-0.1, -0.05) is 42.8 Å². The van der Waals surface area contributed by atoms with Crippen LogP contribution in [0.3, 0.4) is 0 Å². The number of carbonyl (C=O) groups excluding carboxylic acids is 4. The molecule has 3 rings (SSSR count). The van der Waals surface area contributed by atoms with Crippen LogP contribution in [0.15, 0.2) is 48.5 Å². The first kappa shape index (κ1) is 25.4. The summed E-state index contributed by atoms with van der Waals surface area (Å²) in [6.45, 7) is 6.01. The summed E-state index contributed by atoms with van der Waals surface area (Å²) in [6.07, 6.45) is 0.867. The van der Waals surface area contributed by atoms with Crippen LogP contribution in [0, 0.1) is 0 Å². The van der Waals surface area contributed by atoms with Gasteiger partial charge in [-0.15, -0.1) is 0 Å². The van der Waals surface area contributed by atoms with Crippen LogP contribution >= 0.6 is 11.6 Å². The van der Waals surface area contributed by atoms with Gasteiger partial charge in [0.25, 0.3) is 11.8 Å². The van der Waals surface area contributed by atoms with Crippen LogP contribution in [-0.2, 0) is 16.1 Å². The molecule has 8 heteroatoms. The number of nitrogens with zero attached hydrogens (tertiary/aromatic N) is 2. The number of imide groups is 1. The van der Waals surface area contributed by atoms with E-state index in [9.17, 15) is 19.2 Å². The molecule has 2 aromatic rings. The van der Waals surface area contributed by atoms with Gasteiger partial charge in [-0.3, -0.25) is 24.1 Å². The Balaban J connectivity index is 1.70. The highest BCUT2D eigenvalue weighted by molar-refractivity contribution is 6.30. The minimum atomic E-state index is -0.634. The minimum Gasteiger partial charge on any atom is -0.352 e. The molecule has 1 N–H and O–H groups in total. The van der Waals surface area contributed by atoms with Crippen LogP contribution in [0.1, 0.15) is 66.3 Å². The first-order valence-corrected chi connectivity index (χ1v) is 11.9. The molecule has 1 atom stereocenters. The molecule has 0 saturated heterocycles. The van der Waals surface area contributed by atoms with Crippen LogP contribution in [-0.4, -0.2) is 52.1 Å². The van der Waals surface area contributed by atoms with Crippen molar-refractivity contribution >= 4 is 35.2 Å². The van der Waals surface area contributed by atoms with Crippen LogP contribution in [0.25, 0.3) is 0 Å². The molecule has 1 aliphatic heterocycles. The number of hydrogen-bond acceptors (Lipinski definition) is 4. The molecular weight excluding hydrogens is 454 g/mol. The molecule has 4 amide bonds. The van der Waals surface area contributed by atoms with Crippen LogP contribution in [0.2, 0.25) is 5.02 Å². The Morgan fingerprint density at radius 3 is 2.12 bits per heavy atom. The Kier molecular flexibility index (Phi) is 8.45. The third-order valence-electron chi connectivity index (χ3n) is 5.73. The van der Waals surface area contributed by atoms with E-state index in [0.29, 0.717) is 29.0 Å². The average molecular weight is 484 g/mol. The largest absolute Gasteiger partial charge is 0.352 e. The molecule has 7 nitrogen and oxygen atoms in total. The van der Waals surface area contributed by atoms with E-state index in [1.165, 1.54) is 4.90 Å². The van der Waals surface area contributed by atoms with Crippen molar-refractivity contribution in [3.8, 4) is 0 Å². The maximum absolute atomic E-state index is 13.3. The van der Waals surface area contributed by atoms with Gasteiger partial charge in [0, 0.05) is 30.6 Å².